The highest BCUT2D eigenvalue weighted by Gasteiger charge is 2.25. The number of carbonyl (C=O) groups is 3. The molecule has 3 rings (SSSR count). The topological polar surface area (TPSA) is 81.8 Å². The third-order valence-electron chi connectivity index (χ3n) is 4.68. The first-order chi connectivity index (χ1) is 14.4. The normalized spacial score (nSPS) is 14.4. The molecule has 1 fully saturated rings. The molecule has 2 heterocycles. The van der Waals surface area contributed by atoms with Crippen molar-refractivity contribution in [3.8, 4) is 0 Å². The smallest absolute Gasteiger partial charge is 0.321 e. The van der Waals surface area contributed by atoms with E-state index in [0.717, 1.165) is 6.42 Å². The van der Waals surface area contributed by atoms with Crippen LogP contribution in [0.5, 0.6) is 0 Å². The van der Waals surface area contributed by atoms with Crippen molar-refractivity contribution in [3.63, 3.8) is 0 Å². The number of imide groups is 1. The molecule has 0 atom stereocenters. The van der Waals surface area contributed by atoms with Crippen molar-refractivity contribution < 1.29 is 14.4 Å². The highest BCUT2D eigenvalue weighted by molar-refractivity contribution is 7.09. The van der Waals surface area contributed by atoms with Crippen molar-refractivity contribution >= 4 is 52.4 Å². The zero-order valence-electron chi connectivity index (χ0n) is 16.2. The lowest BCUT2D eigenvalue weighted by Crippen LogP contribution is -2.52. The fourth-order valence-corrected chi connectivity index (χ4v) is 4.31. The van der Waals surface area contributed by atoms with Gasteiger partial charge < -0.3 is 10.2 Å². The van der Waals surface area contributed by atoms with Gasteiger partial charge in [-0.05, 0) is 36.1 Å². The lowest BCUT2D eigenvalue weighted by molar-refractivity contribution is -0.121. The first-order valence-electron chi connectivity index (χ1n) is 9.49. The summed E-state index contributed by atoms with van der Waals surface area (Å²) in [5.41, 5.74) is 0.409. The number of carbonyl (C=O) groups excluding carboxylic acids is 3. The number of urea groups is 1. The summed E-state index contributed by atoms with van der Waals surface area (Å²) in [7, 11) is 0. The predicted octanol–water partition coefficient (Wildman–Crippen LogP) is 2.88. The number of hydrogen-bond acceptors (Lipinski definition) is 5. The Morgan fingerprint density at radius 1 is 1.07 bits per heavy atom. The van der Waals surface area contributed by atoms with E-state index in [1.54, 1.807) is 34.4 Å². The molecule has 1 aliphatic rings. The molecule has 4 amide bonds. The molecule has 0 unspecified atom stereocenters. The van der Waals surface area contributed by atoms with Gasteiger partial charge in [0, 0.05) is 42.6 Å². The maximum Gasteiger partial charge on any atom is 0.321 e. The minimum atomic E-state index is -0.497. The molecule has 1 aliphatic heterocycles. The van der Waals surface area contributed by atoms with Crippen LogP contribution >= 0.6 is 34.5 Å². The molecule has 2 N–H and O–H groups in total. The highest BCUT2D eigenvalue weighted by Crippen LogP contribution is 2.22. The summed E-state index contributed by atoms with van der Waals surface area (Å²) < 4.78 is 0. The Kier molecular flexibility index (Phi) is 8.09. The van der Waals surface area contributed by atoms with Crippen molar-refractivity contribution in [2.45, 2.75) is 6.42 Å². The molecule has 0 bridgehead atoms. The lowest BCUT2D eigenvalue weighted by atomic mass is 10.2. The second kappa shape index (κ2) is 10.8. The molecule has 0 spiro atoms. The van der Waals surface area contributed by atoms with Crippen LogP contribution in [0.3, 0.4) is 0 Å². The first kappa shape index (κ1) is 22.6. The third kappa shape index (κ3) is 6.43. The Balaban J connectivity index is 1.38. The summed E-state index contributed by atoms with van der Waals surface area (Å²) >= 11 is 13.6. The Morgan fingerprint density at radius 2 is 1.83 bits per heavy atom. The number of rotatable bonds is 6. The second-order valence-electron chi connectivity index (χ2n) is 6.83. The maximum absolute atomic E-state index is 12.6. The minimum Gasteiger partial charge on any atom is -0.337 e. The van der Waals surface area contributed by atoms with Crippen LogP contribution < -0.4 is 10.6 Å². The van der Waals surface area contributed by atoms with E-state index in [9.17, 15) is 14.4 Å². The van der Waals surface area contributed by atoms with E-state index in [4.69, 9.17) is 23.2 Å². The van der Waals surface area contributed by atoms with Gasteiger partial charge in [0.15, 0.2) is 0 Å². The van der Waals surface area contributed by atoms with Crippen LogP contribution in [-0.2, 0) is 11.2 Å². The predicted molar refractivity (Wildman–Crippen MR) is 118 cm³/mol. The van der Waals surface area contributed by atoms with Crippen LogP contribution in [-0.4, -0.2) is 66.9 Å². The summed E-state index contributed by atoms with van der Waals surface area (Å²) in [5.74, 6) is -0.532. The molecule has 0 aliphatic carbocycles. The number of amides is 4. The van der Waals surface area contributed by atoms with Crippen LogP contribution in [0, 0.1) is 0 Å². The number of benzene rings is 1. The van der Waals surface area contributed by atoms with Crippen LogP contribution in [0.25, 0.3) is 0 Å². The quantitative estimate of drug-likeness (QED) is 0.682. The molecule has 7 nitrogen and oxygen atoms in total. The Labute approximate surface area is 188 Å². The van der Waals surface area contributed by atoms with Gasteiger partial charge in [0.1, 0.15) is 0 Å². The van der Waals surface area contributed by atoms with E-state index in [1.165, 1.54) is 4.88 Å². The van der Waals surface area contributed by atoms with E-state index in [1.807, 2.05) is 22.4 Å². The zero-order chi connectivity index (χ0) is 21.5. The van der Waals surface area contributed by atoms with Gasteiger partial charge >= 0.3 is 6.03 Å². The first-order valence-corrected chi connectivity index (χ1v) is 11.1. The third-order valence-corrected chi connectivity index (χ3v) is 6.16. The van der Waals surface area contributed by atoms with Crippen LogP contribution in [0.4, 0.5) is 4.79 Å². The molecule has 1 aromatic heterocycles. The molecule has 0 radical (unpaired) electrons. The molecule has 1 aromatic carbocycles. The van der Waals surface area contributed by atoms with E-state index in [-0.39, 0.29) is 18.4 Å². The van der Waals surface area contributed by atoms with Crippen LogP contribution in [0.15, 0.2) is 35.7 Å². The average molecular weight is 469 g/mol. The van der Waals surface area contributed by atoms with Gasteiger partial charge in [-0.3, -0.25) is 19.8 Å². The number of hydrogen-bond donors (Lipinski definition) is 2. The van der Waals surface area contributed by atoms with Gasteiger partial charge in [-0.2, -0.15) is 0 Å². The Hall–Kier alpha value is -2.13. The Bertz CT molecular complexity index is 899. The molecular weight excluding hydrogens is 447 g/mol. The number of nitrogens with one attached hydrogen (secondary N) is 2. The zero-order valence-corrected chi connectivity index (χ0v) is 18.5. The Morgan fingerprint density at radius 3 is 2.50 bits per heavy atom. The van der Waals surface area contributed by atoms with Crippen LogP contribution in [0.1, 0.15) is 15.2 Å². The second-order valence-corrected chi connectivity index (χ2v) is 8.70. The monoisotopic (exact) mass is 468 g/mol. The minimum absolute atomic E-state index is 0.0993. The van der Waals surface area contributed by atoms with Gasteiger partial charge in [-0.25, -0.2) is 4.79 Å². The van der Waals surface area contributed by atoms with Gasteiger partial charge in [0.05, 0.1) is 17.1 Å². The van der Waals surface area contributed by atoms with Gasteiger partial charge in [0.25, 0.3) is 5.91 Å². The van der Waals surface area contributed by atoms with E-state index in [0.29, 0.717) is 48.3 Å². The maximum atomic E-state index is 12.6. The molecule has 1 saturated heterocycles. The molecule has 0 saturated carbocycles. The summed E-state index contributed by atoms with van der Waals surface area (Å²) in [5, 5.41) is 7.80. The van der Waals surface area contributed by atoms with E-state index < -0.39 is 6.03 Å². The number of thiophene rings is 1. The van der Waals surface area contributed by atoms with Gasteiger partial charge in [-0.1, -0.05) is 29.3 Å². The summed E-state index contributed by atoms with van der Waals surface area (Å²) in [6, 6.07) is 8.25. The number of nitrogens with zero attached hydrogens (tertiary/aromatic N) is 2. The summed E-state index contributed by atoms with van der Waals surface area (Å²) in [4.78, 5) is 41.4. The van der Waals surface area contributed by atoms with E-state index >= 15 is 0 Å². The molecule has 30 heavy (non-hydrogen) atoms. The van der Waals surface area contributed by atoms with Crippen molar-refractivity contribution in [2.75, 3.05) is 39.3 Å². The van der Waals surface area contributed by atoms with Gasteiger partial charge in [-0.15, -0.1) is 11.3 Å². The standard InChI is InChI=1S/C20H22Cl2N4O3S/c21-14-3-4-16(17(22)12-14)19(28)26-9-7-25(8-10-26)13-18(27)24-20(29)23-6-5-15-2-1-11-30-15/h1-4,11-12H,5-10,13H2,(H2,23,24,27,29). The lowest BCUT2D eigenvalue weighted by Gasteiger charge is -2.34. The van der Waals surface area contributed by atoms with Crippen molar-refractivity contribution in [2.24, 2.45) is 0 Å². The van der Waals surface area contributed by atoms with E-state index in [2.05, 4.69) is 10.6 Å². The number of halogens is 2. The summed E-state index contributed by atoms with van der Waals surface area (Å²) in [6.07, 6.45) is 0.729. The molecule has 10 heteroatoms. The van der Waals surface area contributed by atoms with Crippen molar-refractivity contribution in [3.05, 3.63) is 56.2 Å². The fourth-order valence-electron chi connectivity index (χ4n) is 3.11. The van der Waals surface area contributed by atoms with Gasteiger partial charge in [0.2, 0.25) is 5.91 Å². The van der Waals surface area contributed by atoms with Crippen molar-refractivity contribution in [1.29, 1.82) is 0 Å². The SMILES string of the molecule is O=C(CN1CCN(C(=O)c2ccc(Cl)cc2Cl)CC1)NC(=O)NCCc1cccs1. The molecule has 2 aromatic rings. The summed E-state index contributed by atoms with van der Waals surface area (Å²) in [6.45, 7) is 2.57. The fraction of sp³-hybridized carbons (Fsp3) is 0.350. The number of piperazine rings is 1. The molecular formula is C20H22Cl2N4O3S. The molecule has 160 valence electrons. The van der Waals surface area contributed by atoms with Crippen LogP contribution in [0.2, 0.25) is 10.0 Å². The van der Waals surface area contributed by atoms with Crippen molar-refractivity contribution in [1.82, 2.24) is 20.4 Å². The highest BCUT2D eigenvalue weighted by atomic mass is 35.5. The average Bonchev–Trinajstić information content (AvgIpc) is 3.21. The largest absolute Gasteiger partial charge is 0.337 e.